The highest BCUT2D eigenvalue weighted by Gasteiger charge is 2.21. The van der Waals surface area contributed by atoms with Gasteiger partial charge in [0.2, 0.25) is 0 Å². The average Bonchev–Trinajstić information content (AvgIpc) is 3.45. The van der Waals surface area contributed by atoms with E-state index in [4.69, 9.17) is 0 Å². The van der Waals surface area contributed by atoms with Crippen LogP contribution in [0.25, 0.3) is 11.1 Å². The zero-order valence-corrected chi connectivity index (χ0v) is 24.6. The van der Waals surface area contributed by atoms with Crippen LogP contribution in [0.15, 0.2) is 22.2 Å². The summed E-state index contributed by atoms with van der Waals surface area (Å²) in [6.45, 7) is 4.58. The van der Waals surface area contributed by atoms with Crippen LogP contribution in [0, 0.1) is 0 Å². The van der Waals surface area contributed by atoms with Gasteiger partial charge in [-0.2, -0.15) is 17.5 Å². The normalized spacial score (nSPS) is 20.2. The lowest BCUT2D eigenvalue weighted by molar-refractivity contribution is -0.872. The highest BCUT2D eigenvalue weighted by Crippen LogP contribution is 2.29. The molecule has 0 spiro atoms. The van der Waals surface area contributed by atoms with Gasteiger partial charge in [-0.1, -0.05) is 25.0 Å². The van der Waals surface area contributed by atoms with Crippen molar-refractivity contribution in [2.75, 3.05) is 51.8 Å². The van der Waals surface area contributed by atoms with Gasteiger partial charge in [-0.15, -0.1) is 23.5 Å². The zero-order chi connectivity index (χ0) is 22.2. The van der Waals surface area contributed by atoms with Crippen LogP contribution in [0.4, 0.5) is 0 Å². The van der Waals surface area contributed by atoms with E-state index in [2.05, 4.69) is 43.7 Å². The lowest BCUT2D eigenvalue weighted by atomic mass is 10.1. The number of quaternary nitrogens is 2. The third-order valence-electron chi connectivity index (χ3n) is 5.95. The molecule has 0 radical (unpaired) electrons. The van der Waals surface area contributed by atoms with Gasteiger partial charge in [0.1, 0.15) is 34.5 Å². The Hall–Kier alpha value is -0.200. The first-order chi connectivity index (χ1) is 15.7. The van der Waals surface area contributed by atoms with Crippen molar-refractivity contribution in [3.63, 3.8) is 0 Å². The Labute approximate surface area is 232 Å². The first-order valence-electron chi connectivity index (χ1n) is 11.6. The maximum absolute atomic E-state index is 4.59. The van der Waals surface area contributed by atoms with Crippen LogP contribution in [-0.2, 0) is 0 Å². The molecule has 12 heteroatoms. The van der Waals surface area contributed by atoms with Gasteiger partial charge in [-0.05, 0) is 24.3 Å². The largest absolute Gasteiger partial charge is 1.00 e. The number of hydrogen-bond acceptors (Lipinski definition) is 8. The predicted molar refractivity (Wildman–Crippen MR) is 138 cm³/mol. The standard InChI is InChI=1S/C22H32N6S4.2ClH/c1-27-11-7-9-17(15-27)19-21(25-31-23-19)29-13-5-3-4-6-14-30-22-20(24-32-26-22)18-10-8-12-28(2)16-18;;/h9-10H,3-8,11-16H2,1-2H3;2*1H. The van der Waals surface area contributed by atoms with E-state index in [1.807, 2.05) is 23.5 Å². The second-order valence-electron chi connectivity index (χ2n) is 8.75. The molecule has 0 amide bonds. The Morgan fingerprint density at radius 2 is 1.15 bits per heavy atom. The molecule has 34 heavy (non-hydrogen) atoms. The van der Waals surface area contributed by atoms with Crippen molar-refractivity contribution in [1.82, 2.24) is 17.5 Å². The maximum atomic E-state index is 4.59. The fraction of sp³-hybridized carbons (Fsp3) is 0.636. The summed E-state index contributed by atoms with van der Waals surface area (Å²) >= 11 is 6.48. The monoisotopic (exact) mass is 580 g/mol. The molecular weight excluding hydrogens is 547 g/mol. The van der Waals surface area contributed by atoms with Gasteiger partial charge in [0, 0.05) is 24.0 Å². The van der Waals surface area contributed by atoms with Crippen LogP contribution >= 0.6 is 47.0 Å². The number of likely N-dealkylation sites (N-methyl/N-ethyl adjacent to an activating group) is 2. The van der Waals surface area contributed by atoms with Crippen molar-refractivity contribution in [2.24, 2.45) is 0 Å². The van der Waals surface area contributed by atoms with Crippen LogP contribution in [0.3, 0.4) is 0 Å². The quantitative estimate of drug-likeness (QED) is 0.212. The summed E-state index contributed by atoms with van der Waals surface area (Å²) in [6, 6.07) is 0. The fourth-order valence-electron chi connectivity index (χ4n) is 4.16. The smallest absolute Gasteiger partial charge is 0.138 e. The van der Waals surface area contributed by atoms with E-state index in [0.29, 0.717) is 0 Å². The van der Waals surface area contributed by atoms with Crippen molar-refractivity contribution < 1.29 is 34.6 Å². The fourth-order valence-corrected chi connectivity index (χ4v) is 7.58. The van der Waals surface area contributed by atoms with Crippen LogP contribution in [-0.4, -0.2) is 69.3 Å². The second kappa shape index (κ2) is 15.8. The van der Waals surface area contributed by atoms with Crippen LogP contribution in [0.1, 0.15) is 49.9 Å². The van der Waals surface area contributed by atoms with Crippen LogP contribution < -0.4 is 34.6 Å². The zero-order valence-electron chi connectivity index (χ0n) is 19.8. The second-order valence-corrected chi connectivity index (χ2v) is 12.0. The van der Waals surface area contributed by atoms with Gasteiger partial charge >= 0.3 is 0 Å². The third kappa shape index (κ3) is 8.73. The minimum atomic E-state index is 0. The molecule has 6 nitrogen and oxygen atoms in total. The van der Waals surface area contributed by atoms with E-state index in [0.717, 1.165) is 58.9 Å². The topological polar surface area (TPSA) is 60.4 Å². The first-order valence-corrected chi connectivity index (χ1v) is 15.1. The molecule has 2 unspecified atom stereocenters. The number of hydrogen-bond donors (Lipinski definition) is 2. The molecule has 2 N–H and O–H groups in total. The number of halogens is 2. The number of unbranched alkanes of at least 4 members (excludes halogenated alkanes) is 3. The van der Waals surface area contributed by atoms with Crippen LogP contribution in [0.2, 0.25) is 0 Å². The number of rotatable bonds is 11. The molecular formula is C22H34Cl2N6S4. The summed E-state index contributed by atoms with van der Waals surface area (Å²) in [5.41, 5.74) is 5.05. The molecule has 0 bridgehead atoms. The molecule has 0 aromatic carbocycles. The van der Waals surface area contributed by atoms with Gasteiger partial charge in [0.15, 0.2) is 0 Å². The van der Waals surface area contributed by atoms with Crippen molar-refractivity contribution in [2.45, 2.75) is 48.6 Å². The van der Waals surface area contributed by atoms with E-state index >= 15 is 0 Å². The summed E-state index contributed by atoms with van der Waals surface area (Å²) in [4.78, 5) is 3.13. The van der Waals surface area contributed by atoms with E-state index < -0.39 is 0 Å². The van der Waals surface area contributed by atoms with Crippen LogP contribution in [0.5, 0.6) is 0 Å². The Bertz CT molecular complexity index is 858. The number of aromatic nitrogens is 4. The summed E-state index contributed by atoms with van der Waals surface area (Å²) in [5, 5.41) is 2.28. The molecule has 2 aromatic heterocycles. The minimum absolute atomic E-state index is 0. The Morgan fingerprint density at radius 3 is 1.56 bits per heavy atom. The summed E-state index contributed by atoms with van der Waals surface area (Å²) in [6.07, 6.45) is 12.0. The predicted octanol–water partition coefficient (Wildman–Crippen LogP) is -3.55. The van der Waals surface area contributed by atoms with Crippen molar-refractivity contribution >= 4 is 58.1 Å². The van der Waals surface area contributed by atoms with Crippen molar-refractivity contribution in [3.8, 4) is 0 Å². The van der Waals surface area contributed by atoms with Gasteiger partial charge < -0.3 is 34.6 Å². The highest BCUT2D eigenvalue weighted by molar-refractivity contribution is 7.99. The summed E-state index contributed by atoms with van der Waals surface area (Å²) < 4.78 is 18.3. The lowest BCUT2D eigenvalue weighted by Gasteiger charge is -2.19. The van der Waals surface area contributed by atoms with Gasteiger partial charge in [0.25, 0.3) is 0 Å². The van der Waals surface area contributed by atoms with Crippen molar-refractivity contribution in [1.29, 1.82) is 0 Å². The maximum Gasteiger partial charge on any atom is 0.138 e. The van der Waals surface area contributed by atoms with E-state index in [1.54, 1.807) is 9.80 Å². The van der Waals surface area contributed by atoms with Gasteiger partial charge in [-0.25, -0.2) is 0 Å². The molecule has 0 saturated heterocycles. The molecule has 4 heterocycles. The Morgan fingerprint density at radius 1 is 0.706 bits per heavy atom. The van der Waals surface area contributed by atoms with Crippen molar-refractivity contribution in [3.05, 3.63) is 23.5 Å². The minimum Gasteiger partial charge on any atom is -1.00 e. The molecule has 0 fully saturated rings. The Balaban J connectivity index is 0.00000204. The SMILES string of the molecule is C[NH+]1CCC=C(c2nsnc2SCCCCCCSc2nsnc2C2=CCC[NH+](C)C2)C1.[Cl-].[Cl-]. The van der Waals surface area contributed by atoms with E-state index in [9.17, 15) is 0 Å². The highest BCUT2D eigenvalue weighted by atomic mass is 35.5. The number of nitrogens with one attached hydrogen (secondary N) is 2. The van der Waals surface area contributed by atoms with E-state index in [1.165, 1.54) is 73.4 Å². The third-order valence-corrected chi connectivity index (χ3v) is 9.34. The average molecular weight is 582 g/mol. The molecule has 2 aromatic rings. The molecule has 2 atom stereocenters. The lowest BCUT2D eigenvalue weighted by Crippen LogP contribution is -3.09. The molecule has 190 valence electrons. The van der Waals surface area contributed by atoms with E-state index in [-0.39, 0.29) is 24.8 Å². The Kier molecular flexibility index (Phi) is 14.0. The van der Waals surface area contributed by atoms with Gasteiger partial charge in [0.05, 0.1) is 50.6 Å². The number of thioether (sulfide) groups is 2. The first kappa shape index (κ1) is 30.0. The summed E-state index contributed by atoms with van der Waals surface area (Å²) in [7, 11) is 4.52. The number of nitrogens with zero attached hydrogens (tertiary/aromatic N) is 4. The molecule has 4 rings (SSSR count). The molecule has 0 saturated carbocycles. The molecule has 2 aliphatic rings. The molecule has 0 aliphatic carbocycles. The van der Waals surface area contributed by atoms with Gasteiger partial charge in [-0.3, -0.25) is 0 Å². The summed E-state index contributed by atoms with van der Waals surface area (Å²) in [5.74, 6) is 2.26. The molecule has 2 aliphatic heterocycles.